The van der Waals surface area contributed by atoms with Gasteiger partial charge in [-0.3, -0.25) is 4.79 Å². The highest BCUT2D eigenvalue weighted by Gasteiger charge is 2.14. The molecule has 1 saturated carbocycles. The summed E-state index contributed by atoms with van der Waals surface area (Å²) in [7, 11) is 0. The molecule has 0 saturated heterocycles. The number of aromatic nitrogens is 2. The molecule has 1 amide bonds. The number of halogens is 2. The van der Waals surface area contributed by atoms with Crippen molar-refractivity contribution in [3.8, 4) is 0 Å². The number of nitrogens with zero attached hydrogens (tertiary/aromatic N) is 2. The molecule has 0 aliphatic heterocycles. The zero-order chi connectivity index (χ0) is 17.6. The van der Waals surface area contributed by atoms with Gasteiger partial charge in [0.2, 0.25) is 0 Å². The summed E-state index contributed by atoms with van der Waals surface area (Å²) in [5.41, 5.74) is 0.589. The third-order valence-corrected chi connectivity index (χ3v) is 4.57. The van der Waals surface area contributed by atoms with Crippen LogP contribution in [0.25, 0.3) is 0 Å². The van der Waals surface area contributed by atoms with Crippen LogP contribution in [-0.2, 0) is 0 Å². The highest BCUT2D eigenvalue weighted by molar-refractivity contribution is 6.31. The highest BCUT2D eigenvalue weighted by atomic mass is 35.5. The van der Waals surface area contributed by atoms with E-state index in [1.54, 1.807) is 12.1 Å². The van der Waals surface area contributed by atoms with Crippen LogP contribution in [0.5, 0.6) is 0 Å². The fraction of sp³-hybridized carbons (Fsp3) is 0.389. The van der Waals surface area contributed by atoms with Crippen molar-refractivity contribution in [2.75, 3.05) is 10.6 Å². The van der Waals surface area contributed by atoms with Gasteiger partial charge in [0, 0.05) is 11.7 Å². The van der Waals surface area contributed by atoms with E-state index < -0.39 is 11.7 Å². The summed E-state index contributed by atoms with van der Waals surface area (Å²) in [5.74, 6) is -0.280. The van der Waals surface area contributed by atoms with Crippen LogP contribution in [0, 0.1) is 5.82 Å². The van der Waals surface area contributed by atoms with E-state index in [0.717, 1.165) is 12.8 Å². The van der Waals surface area contributed by atoms with Gasteiger partial charge in [-0.25, -0.2) is 4.39 Å². The average molecular weight is 363 g/mol. The quantitative estimate of drug-likeness (QED) is 0.776. The topological polar surface area (TPSA) is 66.9 Å². The number of amides is 1. The summed E-state index contributed by atoms with van der Waals surface area (Å²) in [6.07, 6.45) is 7.30. The summed E-state index contributed by atoms with van der Waals surface area (Å²) < 4.78 is 13.1. The van der Waals surface area contributed by atoms with E-state index in [1.165, 1.54) is 43.9 Å². The number of carbonyl (C=O) groups excluding carboxylic acids is 1. The first-order chi connectivity index (χ1) is 12.1. The average Bonchev–Trinajstić information content (AvgIpc) is 2.87. The zero-order valence-corrected chi connectivity index (χ0v) is 14.5. The van der Waals surface area contributed by atoms with Gasteiger partial charge < -0.3 is 10.6 Å². The van der Waals surface area contributed by atoms with Crippen molar-refractivity contribution in [2.24, 2.45) is 0 Å². The molecule has 132 valence electrons. The Balaban J connectivity index is 1.60. The maximum atomic E-state index is 13.1. The molecule has 7 heteroatoms. The van der Waals surface area contributed by atoms with Gasteiger partial charge >= 0.3 is 0 Å². The van der Waals surface area contributed by atoms with Crippen LogP contribution in [0.1, 0.15) is 49.0 Å². The van der Waals surface area contributed by atoms with Crippen LogP contribution in [0.2, 0.25) is 5.02 Å². The molecule has 25 heavy (non-hydrogen) atoms. The monoisotopic (exact) mass is 362 g/mol. The third-order valence-electron chi connectivity index (χ3n) is 4.28. The number of nitrogens with one attached hydrogen (secondary N) is 2. The molecule has 1 aliphatic rings. The predicted molar refractivity (Wildman–Crippen MR) is 96.5 cm³/mol. The van der Waals surface area contributed by atoms with Crippen LogP contribution in [-0.4, -0.2) is 22.1 Å². The SMILES string of the molecule is O=C(Nc1ccc(F)c(Cl)c1)c1ccc(NC2CCCCCC2)nn1. The van der Waals surface area contributed by atoms with Crippen molar-refractivity contribution < 1.29 is 9.18 Å². The molecule has 2 N–H and O–H groups in total. The Kier molecular flexibility index (Phi) is 5.81. The van der Waals surface area contributed by atoms with Crippen molar-refractivity contribution in [1.82, 2.24) is 10.2 Å². The lowest BCUT2D eigenvalue weighted by molar-refractivity contribution is 0.102. The Bertz CT molecular complexity index is 730. The second-order valence-corrected chi connectivity index (χ2v) is 6.63. The zero-order valence-electron chi connectivity index (χ0n) is 13.8. The van der Waals surface area contributed by atoms with E-state index in [-0.39, 0.29) is 10.7 Å². The fourth-order valence-corrected chi connectivity index (χ4v) is 3.11. The molecule has 3 rings (SSSR count). The van der Waals surface area contributed by atoms with Gasteiger partial charge in [-0.1, -0.05) is 37.3 Å². The molecule has 5 nitrogen and oxygen atoms in total. The highest BCUT2D eigenvalue weighted by Crippen LogP contribution is 2.21. The van der Waals surface area contributed by atoms with Crippen LogP contribution in [0.4, 0.5) is 15.9 Å². The molecule has 1 aliphatic carbocycles. The number of carbonyl (C=O) groups is 1. The van der Waals surface area contributed by atoms with E-state index in [0.29, 0.717) is 17.5 Å². The molecule has 1 aromatic heterocycles. The van der Waals surface area contributed by atoms with E-state index >= 15 is 0 Å². The first-order valence-corrected chi connectivity index (χ1v) is 8.86. The Morgan fingerprint density at radius 2 is 1.84 bits per heavy atom. The van der Waals surface area contributed by atoms with Gasteiger partial charge in [0.05, 0.1) is 5.02 Å². The summed E-state index contributed by atoms with van der Waals surface area (Å²) in [6.45, 7) is 0. The van der Waals surface area contributed by atoms with Gasteiger partial charge in [-0.2, -0.15) is 0 Å². The molecule has 0 spiro atoms. The van der Waals surface area contributed by atoms with Crippen LogP contribution in [0.15, 0.2) is 30.3 Å². The van der Waals surface area contributed by atoms with Gasteiger partial charge in [0.1, 0.15) is 11.6 Å². The minimum absolute atomic E-state index is 0.0492. The molecule has 2 aromatic rings. The van der Waals surface area contributed by atoms with Gasteiger partial charge in [0.25, 0.3) is 5.91 Å². The molecular formula is C18H20ClFN4O. The number of hydrogen-bond acceptors (Lipinski definition) is 4. The standard InChI is InChI=1S/C18H20ClFN4O/c19-14-11-13(7-8-15(14)20)22-18(25)16-9-10-17(24-23-16)21-12-5-3-1-2-4-6-12/h7-12H,1-6H2,(H,21,24)(H,22,25). The van der Waals surface area contributed by atoms with E-state index in [4.69, 9.17) is 11.6 Å². The summed E-state index contributed by atoms with van der Waals surface area (Å²) >= 11 is 5.71. The van der Waals surface area contributed by atoms with E-state index in [2.05, 4.69) is 20.8 Å². The lowest BCUT2D eigenvalue weighted by Gasteiger charge is -2.16. The van der Waals surface area contributed by atoms with Gasteiger partial charge in [0.15, 0.2) is 5.69 Å². The maximum Gasteiger partial charge on any atom is 0.276 e. The van der Waals surface area contributed by atoms with Crippen molar-refractivity contribution in [2.45, 2.75) is 44.6 Å². The molecule has 0 unspecified atom stereocenters. The second-order valence-electron chi connectivity index (χ2n) is 6.22. The summed E-state index contributed by atoms with van der Waals surface area (Å²) in [6, 6.07) is 7.77. The largest absolute Gasteiger partial charge is 0.366 e. The van der Waals surface area contributed by atoms with Crippen LogP contribution in [0.3, 0.4) is 0 Å². The summed E-state index contributed by atoms with van der Waals surface area (Å²) in [4.78, 5) is 12.2. The Hall–Kier alpha value is -2.21. The second kappa shape index (κ2) is 8.25. The van der Waals surface area contributed by atoms with Gasteiger partial charge in [-0.15, -0.1) is 10.2 Å². The lowest BCUT2D eigenvalue weighted by atomic mass is 10.1. The molecular weight excluding hydrogens is 343 g/mol. The van der Waals surface area contributed by atoms with Crippen molar-refractivity contribution in [1.29, 1.82) is 0 Å². The number of hydrogen-bond donors (Lipinski definition) is 2. The van der Waals surface area contributed by atoms with Crippen LogP contribution < -0.4 is 10.6 Å². The molecule has 0 bridgehead atoms. The fourth-order valence-electron chi connectivity index (χ4n) is 2.93. The predicted octanol–water partition coefficient (Wildman–Crippen LogP) is 4.66. The number of benzene rings is 1. The Morgan fingerprint density at radius 1 is 1.08 bits per heavy atom. The first kappa shape index (κ1) is 17.6. The van der Waals surface area contributed by atoms with Crippen molar-refractivity contribution in [3.05, 3.63) is 46.9 Å². The van der Waals surface area contributed by atoms with Crippen LogP contribution >= 0.6 is 11.6 Å². The van der Waals surface area contributed by atoms with Crippen molar-refractivity contribution in [3.63, 3.8) is 0 Å². The Labute approximate surface area is 151 Å². The van der Waals surface area contributed by atoms with E-state index in [1.807, 2.05) is 0 Å². The summed E-state index contributed by atoms with van der Waals surface area (Å²) in [5, 5.41) is 14.0. The molecule has 1 fully saturated rings. The lowest BCUT2D eigenvalue weighted by Crippen LogP contribution is -2.20. The smallest absolute Gasteiger partial charge is 0.276 e. The molecule has 0 radical (unpaired) electrons. The van der Waals surface area contributed by atoms with E-state index in [9.17, 15) is 9.18 Å². The number of anilines is 2. The molecule has 0 atom stereocenters. The maximum absolute atomic E-state index is 13.1. The Morgan fingerprint density at radius 3 is 2.48 bits per heavy atom. The number of rotatable bonds is 4. The minimum atomic E-state index is -0.534. The normalized spacial score (nSPS) is 15.4. The van der Waals surface area contributed by atoms with Crippen molar-refractivity contribution >= 4 is 29.0 Å². The third kappa shape index (κ3) is 4.89. The van der Waals surface area contributed by atoms with Gasteiger partial charge in [-0.05, 0) is 43.2 Å². The first-order valence-electron chi connectivity index (χ1n) is 8.48. The molecule has 1 aromatic carbocycles. The minimum Gasteiger partial charge on any atom is -0.366 e. The molecule has 1 heterocycles.